The number of benzene rings is 1. The molecular formula is C15H22N2O3. The lowest BCUT2D eigenvalue weighted by molar-refractivity contribution is -0.136. The number of rotatable bonds is 6. The highest BCUT2D eigenvalue weighted by atomic mass is 16.5. The van der Waals surface area contributed by atoms with Crippen LogP contribution in [0, 0.1) is 5.92 Å². The molecule has 1 aromatic carbocycles. The average Bonchev–Trinajstić information content (AvgIpc) is 2.43. The molecule has 20 heavy (non-hydrogen) atoms. The molecule has 0 spiro atoms. The number of hydrogen-bond acceptors (Lipinski definition) is 3. The lowest BCUT2D eigenvalue weighted by Gasteiger charge is -2.10. The zero-order valence-corrected chi connectivity index (χ0v) is 12.2. The van der Waals surface area contributed by atoms with Crippen LogP contribution in [0.15, 0.2) is 24.3 Å². The summed E-state index contributed by atoms with van der Waals surface area (Å²) in [6.07, 6.45) is 0.793. The first-order valence-corrected chi connectivity index (χ1v) is 6.85. The topological polar surface area (TPSA) is 67.4 Å². The van der Waals surface area contributed by atoms with Crippen molar-refractivity contribution in [3.63, 3.8) is 0 Å². The van der Waals surface area contributed by atoms with Crippen LogP contribution in [0.4, 0.5) is 5.69 Å². The van der Waals surface area contributed by atoms with Crippen molar-refractivity contribution in [3.05, 3.63) is 24.3 Å². The predicted molar refractivity (Wildman–Crippen MR) is 78.7 cm³/mol. The van der Waals surface area contributed by atoms with Gasteiger partial charge in [0.05, 0.1) is 6.61 Å². The number of amides is 2. The van der Waals surface area contributed by atoms with Crippen molar-refractivity contribution >= 4 is 17.5 Å². The first-order valence-electron chi connectivity index (χ1n) is 6.85. The molecule has 0 fully saturated rings. The van der Waals surface area contributed by atoms with E-state index >= 15 is 0 Å². The SMILES string of the molecule is CCCNC(=O)C(=O)Nc1ccc(OCC(C)C)cc1. The summed E-state index contributed by atoms with van der Waals surface area (Å²) in [5.74, 6) is -0.0787. The van der Waals surface area contributed by atoms with Gasteiger partial charge in [-0.2, -0.15) is 0 Å². The van der Waals surface area contributed by atoms with E-state index in [0.29, 0.717) is 24.8 Å². The second kappa shape index (κ2) is 8.19. The minimum atomic E-state index is -0.658. The van der Waals surface area contributed by atoms with Crippen molar-refractivity contribution in [3.8, 4) is 5.75 Å². The third kappa shape index (κ3) is 5.73. The number of carbonyl (C=O) groups is 2. The summed E-state index contributed by atoms with van der Waals surface area (Å²) in [4.78, 5) is 23.0. The second-order valence-electron chi connectivity index (χ2n) is 4.94. The summed E-state index contributed by atoms with van der Waals surface area (Å²) >= 11 is 0. The van der Waals surface area contributed by atoms with Gasteiger partial charge in [0.25, 0.3) is 0 Å². The quantitative estimate of drug-likeness (QED) is 0.784. The highest BCUT2D eigenvalue weighted by Gasteiger charge is 2.12. The number of nitrogens with one attached hydrogen (secondary N) is 2. The molecule has 0 aromatic heterocycles. The molecule has 2 amide bonds. The number of ether oxygens (including phenoxy) is 1. The molecule has 0 unspecified atom stereocenters. The van der Waals surface area contributed by atoms with Crippen LogP contribution in [-0.2, 0) is 9.59 Å². The normalized spacial score (nSPS) is 10.2. The van der Waals surface area contributed by atoms with E-state index in [1.165, 1.54) is 0 Å². The van der Waals surface area contributed by atoms with Crippen molar-refractivity contribution in [2.24, 2.45) is 5.92 Å². The zero-order chi connectivity index (χ0) is 15.0. The summed E-state index contributed by atoms with van der Waals surface area (Å²) in [6, 6.07) is 6.95. The van der Waals surface area contributed by atoms with Gasteiger partial charge in [0.2, 0.25) is 0 Å². The minimum absolute atomic E-state index is 0.455. The molecule has 1 rings (SSSR count). The molecule has 0 aliphatic carbocycles. The molecule has 0 aliphatic heterocycles. The summed E-state index contributed by atoms with van der Waals surface area (Å²) in [6.45, 7) is 7.21. The summed E-state index contributed by atoms with van der Waals surface area (Å²) < 4.78 is 5.54. The molecule has 5 heteroatoms. The van der Waals surface area contributed by atoms with E-state index in [4.69, 9.17) is 4.74 Å². The van der Waals surface area contributed by atoms with Gasteiger partial charge in [-0.05, 0) is 36.6 Å². The Morgan fingerprint density at radius 1 is 1.15 bits per heavy atom. The molecule has 1 aromatic rings. The predicted octanol–water partition coefficient (Wildman–Crippen LogP) is 2.19. The van der Waals surface area contributed by atoms with Gasteiger partial charge >= 0.3 is 11.8 Å². The molecule has 2 N–H and O–H groups in total. The maximum atomic E-state index is 11.6. The Balaban J connectivity index is 2.48. The van der Waals surface area contributed by atoms with E-state index in [1.807, 2.05) is 6.92 Å². The number of hydrogen-bond donors (Lipinski definition) is 2. The van der Waals surface area contributed by atoms with Crippen LogP contribution < -0.4 is 15.4 Å². The first-order chi connectivity index (χ1) is 9.52. The summed E-state index contributed by atoms with van der Waals surface area (Å²) in [5, 5.41) is 5.06. The molecule has 0 bridgehead atoms. The highest BCUT2D eigenvalue weighted by molar-refractivity contribution is 6.39. The van der Waals surface area contributed by atoms with Gasteiger partial charge in [0.15, 0.2) is 0 Å². The van der Waals surface area contributed by atoms with E-state index in [-0.39, 0.29) is 0 Å². The molecule has 0 saturated carbocycles. The molecule has 0 atom stereocenters. The van der Waals surface area contributed by atoms with Crippen LogP contribution in [0.3, 0.4) is 0 Å². The number of carbonyl (C=O) groups excluding carboxylic acids is 2. The van der Waals surface area contributed by atoms with Gasteiger partial charge < -0.3 is 15.4 Å². The monoisotopic (exact) mass is 278 g/mol. The molecule has 0 saturated heterocycles. The van der Waals surface area contributed by atoms with Gasteiger partial charge in [-0.25, -0.2) is 0 Å². The molecule has 0 radical (unpaired) electrons. The average molecular weight is 278 g/mol. The summed E-state index contributed by atoms with van der Waals surface area (Å²) in [5.41, 5.74) is 0.568. The van der Waals surface area contributed by atoms with Crippen LogP contribution in [-0.4, -0.2) is 25.0 Å². The molecule has 5 nitrogen and oxygen atoms in total. The standard InChI is InChI=1S/C15H22N2O3/c1-4-9-16-14(18)15(19)17-12-5-7-13(8-6-12)20-10-11(2)3/h5-8,11H,4,9-10H2,1-3H3,(H,16,18)(H,17,19). The van der Waals surface area contributed by atoms with Crippen molar-refractivity contribution < 1.29 is 14.3 Å². The third-order valence-electron chi connectivity index (χ3n) is 2.44. The van der Waals surface area contributed by atoms with Crippen molar-refractivity contribution in [2.45, 2.75) is 27.2 Å². The Hall–Kier alpha value is -2.04. The van der Waals surface area contributed by atoms with E-state index < -0.39 is 11.8 Å². The highest BCUT2D eigenvalue weighted by Crippen LogP contribution is 2.16. The Bertz CT molecular complexity index is 441. The number of anilines is 1. The van der Waals surface area contributed by atoms with Gasteiger partial charge in [-0.15, -0.1) is 0 Å². The van der Waals surface area contributed by atoms with Crippen LogP contribution in [0.1, 0.15) is 27.2 Å². The second-order valence-corrected chi connectivity index (χ2v) is 4.94. The Morgan fingerprint density at radius 2 is 1.80 bits per heavy atom. The largest absolute Gasteiger partial charge is 0.493 e. The zero-order valence-electron chi connectivity index (χ0n) is 12.2. The lowest BCUT2D eigenvalue weighted by atomic mass is 10.2. The maximum Gasteiger partial charge on any atom is 0.313 e. The van der Waals surface area contributed by atoms with Gasteiger partial charge in [0, 0.05) is 12.2 Å². The maximum absolute atomic E-state index is 11.6. The van der Waals surface area contributed by atoms with Crippen LogP contribution in [0.5, 0.6) is 5.75 Å². The van der Waals surface area contributed by atoms with Crippen molar-refractivity contribution in [2.75, 3.05) is 18.5 Å². The first kappa shape index (κ1) is 16.0. The minimum Gasteiger partial charge on any atom is -0.493 e. The van der Waals surface area contributed by atoms with Crippen LogP contribution in [0.25, 0.3) is 0 Å². The van der Waals surface area contributed by atoms with E-state index in [0.717, 1.165) is 12.2 Å². The summed E-state index contributed by atoms with van der Waals surface area (Å²) in [7, 11) is 0. The molecule has 0 heterocycles. The fourth-order valence-corrected chi connectivity index (χ4v) is 1.40. The van der Waals surface area contributed by atoms with E-state index in [1.54, 1.807) is 24.3 Å². The van der Waals surface area contributed by atoms with Crippen LogP contribution in [0.2, 0.25) is 0 Å². The Labute approximate surface area is 119 Å². The van der Waals surface area contributed by atoms with Gasteiger partial charge in [-0.1, -0.05) is 20.8 Å². The Kier molecular flexibility index (Phi) is 6.56. The molecule has 110 valence electrons. The van der Waals surface area contributed by atoms with Gasteiger partial charge in [0.1, 0.15) is 5.75 Å². The van der Waals surface area contributed by atoms with Crippen molar-refractivity contribution in [1.29, 1.82) is 0 Å². The van der Waals surface area contributed by atoms with Crippen molar-refractivity contribution in [1.82, 2.24) is 5.32 Å². The third-order valence-corrected chi connectivity index (χ3v) is 2.44. The van der Waals surface area contributed by atoms with Gasteiger partial charge in [-0.3, -0.25) is 9.59 Å². The lowest BCUT2D eigenvalue weighted by Crippen LogP contribution is -2.35. The molecule has 0 aliphatic rings. The molecular weight excluding hydrogens is 256 g/mol. The Morgan fingerprint density at radius 3 is 2.35 bits per heavy atom. The van der Waals surface area contributed by atoms with Crippen LogP contribution >= 0.6 is 0 Å². The van der Waals surface area contributed by atoms with E-state index in [2.05, 4.69) is 24.5 Å². The fraction of sp³-hybridized carbons (Fsp3) is 0.467. The smallest absolute Gasteiger partial charge is 0.313 e. The van der Waals surface area contributed by atoms with E-state index in [9.17, 15) is 9.59 Å². The fourth-order valence-electron chi connectivity index (χ4n) is 1.40.